The van der Waals surface area contributed by atoms with Gasteiger partial charge in [0.2, 0.25) is 0 Å². The summed E-state index contributed by atoms with van der Waals surface area (Å²) in [6.45, 7) is 6.74. The van der Waals surface area contributed by atoms with Crippen molar-refractivity contribution in [3.8, 4) is 0 Å². The van der Waals surface area contributed by atoms with Gasteiger partial charge < -0.3 is 10.1 Å². The number of fused-ring (bicyclic) bond motifs is 1. The summed E-state index contributed by atoms with van der Waals surface area (Å²) in [7, 11) is 1.45. The van der Waals surface area contributed by atoms with Crippen LogP contribution in [0.3, 0.4) is 0 Å². The van der Waals surface area contributed by atoms with Gasteiger partial charge in [-0.15, -0.1) is 0 Å². The molecule has 0 aromatic heterocycles. The smallest absolute Gasteiger partial charge is 0.322 e. The van der Waals surface area contributed by atoms with Gasteiger partial charge in [-0.1, -0.05) is 50.9 Å². The van der Waals surface area contributed by atoms with Gasteiger partial charge in [0.1, 0.15) is 0 Å². The van der Waals surface area contributed by atoms with Crippen molar-refractivity contribution >= 4 is 23.6 Å². The van der Waals surface area contributed by atoms with Crippen LogP contribution in [-0.2, 0) is 21.5 Å². The maximum absolute atomic E-state index is 13.4. The largest absolute Gasteiger partial charge is 0.469 e. The van der Waals surface area contributed by atoms with E-state index in [9.17, 15) is 9.59 Å². The second-order valence-corrected chi connectivity index (χ2v) is 12.4. The van der Waals surface area contributed by atoms with Crippen molar-refractivity contribution in [3.05, 3.63) is 46.1 Å². The van der Waals surface area contributed by atoms with E-state index >= 15 is 0 Å². The molecule has 4 saturated carbocycles. The Morgan fingerprint density at radius 3 is 2.58 bits per heavy atom. The lowest BCUT2D eigenvalue weighted by Gasteiger charge is -2.71. The number of carbonyl (C=O) groups is 2. The molecule has 1 aromatic carbocycles. The Morgan fingerprint density at radius 1 is 1.21 bits per heavy atom. The Labute approximate surface area is 201 Å². The highest BCUT2D eigenvalue weighted by Gasteiger charge is 2.75. The molecule has 6 rings (SSSR count). The average Bonchev–Trinajstić information content (AvgIpc) is 2.70. The molecule has 2 bridgehead atoms. The van der Waals surface area contributed by atoms with E-state index in [0.29, 0.717) is 19.3 Å². The number of carbonyl (C=O) groups excluding carboxylic acids is 2. The number of nitrogens with zero attached hydrogens (tertiary/aromatic N) is 1. The maximum atomic E-state index is 13.4. The Morgan fingerprint density at radius 2 is 1.94 bits per heavy atom. The van der Waals surface area contributed by atoms with Crippen molar-refractivity contribution in [2.45, 2.75) is 89.6 Å². The molecule has 0 saturated heterocycles. The summed E-state index contributed by atoms with van der Waals surface area (Å²) in [6, 6.07) is 6.31. The molecule has 4 fully saturated rings. The van der Waals surface area contributed by atoms with E-state index in [1.807, 2.05) is 4.90 Å². The Kier molecular flexibility index (Phi) is 5.17. The first-order valence-electron chi connectivity index (χ1n) is 12.2. The van der Waals surface area contributed by atoms with Gasteiger partial charge in [-0.05, 0) is 79.5 Å². The summed E-state index contributed by atoms with van der Waals surface area (Å²) < 4.78 is 4.98. The molecule has 1 heterocycles. The number of aryl methyl sites for hydroxylation is 1. The molecule has 6 heteroatoms. The maximum Gasteiger partial charge on any atom is 0.322 e. The molecule has 0 radical (unpaired) electrons. The first kappa shape index (κ1) is 22.8. The summed E-state index contributed by atoms with van der Waals surface area (Å²) in [5.41, 5.74) is 2.67. The molecule has 0 spiro atoms. The van der Waals surface area contributed by atoms with Crippen LogP contribution in [0.1, 0.15) is 83.3 Å². The number of hydrogen-bond acceptors (Lipinski definition) is 3. The third-order valence-corrected chi connectivity index (χ3v) is 8.79. The van der Waals surface area contributed by atoms with E-state index in [1.54, 1.807) is 0 Å². The lowest BCUT2D eigenvalue weighted by atomic mass is 9.38. The van der Waals surface area contributed by atoms with Gasteiger partial charge in [-0.2, -0.15) is 0 Å². The highest BCUT2D eigenvalue weighted by Crippen LogP contribution is 2.71. The number of methoxy groups -OCH3 is 1. The molecule has 2 amide bonds. The van der Waals surface area contributed by atoms with E-state index in [2.05, 4.69) is 50.5 Å². The molecule has 1 aliphatic heterocycles. The molecule has 1 unspecified atom stereocenters. The highest BCUT2D eigenvalue weighted by atomic mass is 35.5. The molecule has 1 N–H and O–H groups in total. The van der Waals surface area contributed by atoms with Crippen molar-refractivity contribution in [2.75, 3.05) is 7.11 Å². The summed E-state index contributed by atoms with van der Waals surface area (Å²) in [4.78, 5) is 27.4. The first-order valence-corrected chi connectivity index (χ1v) is 12.6. The summed E-state index contributed by atoms with van der Waals surface area (Å²) in [5, 5.41) is 4.18. The number of benzene rings is 1. The average molecular weight is 471 g/mol. The topological polar surface area (TPSA) is 58.6 Å². The normalized spacial score (nSPS) is 32.7. The van der Waals surface area contributed by atoms with Gasteiger partial charge in [0.15, 0.2) is 0 Å². The molecule has 33 heavy (non-hydrogen) atoms. The Balaban J connectivity index is 1.42. The van der Waals surface area contributed by atoms with Crippen molar-refractivity contribution < 1.29 is 14.3 Å². The van der Waals surface area contributed by atoms with Gasteiger partial charge in [-0.25, -0.2) is 4.79 Å². The predicted octanol–water partition coefficient (Wildman–Crippen LogP) is 6.09. The zero-order valence-corrected chi connectivity index (χ0v) is 21.0. The third-order valence-electron chi connectivity index (χ3n) is 8.44. The van der Waals surface area contributed by atoms with E-state index in [-0.39, 0.29) is 28.4 Å². The van der Waals surface area contributed by atoms with Gasteiger partial charge >= 0.3 is 12.0 Å². The zero-order valence-electron chi connectivity index (χ0n) is 20.2. The number of amides is 2. The van der Waals surface area contributed by atoms with Crippen LogP contribution in [0.15, 0.2) is 30.0 Å². The molecular formula is C27H35ClN2O3. The summed E-state index contributed by atoms with van der Waals surface area (Å²) in [5.74, 6) is -0.136. The third kappa shape index (κ3) is 3.50. The molecule has 4 aliphatic carbocycles. The molecule has 5 nitrogen and oxygen atoms in total. The lowest BCUT2D eigenvalue weighted by Crippen LogP contribution is -2.78. The Bertz CT molecular complexity index is 1020. The monoisotopic (exact) mass is 470 g/mol. The number of hydrogen-bond donors (Lipinski definition) is 1. The van der Waals surface area contributed by atoms with Crippen LogP contribution in [0.2, 0.25) is 5.02 Å². The van der Waals surface area contributed by atoms with Crippen molar-refractivity contribution in [1.82, 2.24) is 10.2 Å². The minimum Gasteiger partial charge on any atom is -0.469 e. The van der Waals surface area contributed by atoms with Gasteiger partial charge in [0.05, 0.1) is 23.6 Å². The second kappa shape index (κ2) is 7.49. The van der Waals surface area contributed by atoms with Crippen molar-refractivity contribution in [3.63, 3.8) is 0 Å². The predicted molar refractivity (Wildman–Crippen MR) is 129 cm³/mol. The second-order valence-electron chi connectivity index (χ2n) is 12.0. The van der Waals surface area contributed by atoms with Crippen LogP contribution in [0.4, 0.5) is 4.79 Å². The number of ether oxygens (including phenoxy) is 1. The number of halogens is 1. The van der Waals surface area contributed by atoms with Gasteiger partial charge in [0.25, 0.3) is 0 Å². The number of urea groups is 1. The molecule has 1 atom stereocenters. The summed E-state index contributed by atoms with van der Waals surface area (Å²) in [6.07, 6.45) is 10.2. The van der Waals surface area contributed by atoms with Gasteiger partial charge in [0, 0.05) is 11.2 Å². The summed E-state index contributed by atoms with van der Waals surface area (Å²) >= 11 is 6.75. The lowest BCUT2D eigenvalue weighted by molar-refractivity contribution is -0.218. The van der Waals surface area contributed by atoms with E-state index in [1.165, 1.54) is 18.2 Å². The molecular weight excluding hydrogens is 436 g/mol. The Hall–Kier alpha value is -2.01. The fourth-order valence-corrected chi connectivity index (χ4v) is 6.83. The van der Waals surface area contributed by atoms with E-state index in [0.717, 1.165) is 49.1 Å². The molecule has 1 aromatic rings. The fraction of sp³-hybridized carbons (Fsp3) is 0.630. The minimum atomic E-state index is -0.485. The van der Waals surface area contributed by atoms with Crippen LogP contribution < -0.4 is 5.32 Å². The fourth-order valence-electron chi connectivity index (χ4n) is 6.56. The quantitative estimate of drug-likeness (QED) is 0.529. The van der Waals surface area contributed by atoms with Gasteiger partial charge in [-0.3, -0.25) is 9.69 Å². The van der Waals surface area contributed by atoms with Crippen molar-refractivity contribution in [2.24, 2.45) is 10.8 Å². The van der Waals surface area contributed by atoms with Crippen LogP contribution >= 0.6 is 11.6 Å². The molecule has 178 valence electrons. The minimum absolute atomic E-state index is 0.0632. The highest BCUT2D eigenvalue weighted by molar-refractivity contribution is 6.31. The number of nitrogens with one attached hydrogen (secondary N) is 1. The van der Waals surface area contributed by atoms with Crippen LogP contribution in [0.25, 0.3) is 0 Å². The van der Waals surface area contributed by atoms with Crippen LogP contribution in [0.5, 0.6) is 0 Å². The van der Waals surface area contributed by atoms with E-state index < -0.39 is 5.54 Å². The first-order chi connectivity index (χ1) is 15.5. The van der Waals surface area contributed by atoms with E-state index in [4.69, 9.17) is 16.3 Å². The number of esters is 1. The standard InChI is InChI=1S/C27H35ClN2O3/c1-24(2,3)12-10-18-8-9-19(13-21(18)28)27-11-6-5-7-20(27)14-30(23(32)29-27)26-15-25(16-26,17-26)22(31)33-4/h8-9,13-14H,5-7,10-12,15-17H2,1-4H3,(H,29,32). The van der Waals surface area contributed by atoms with Crippen LogP contribution in [-0.4, -0.2) is 29.5 Å². The van der Waals surface area contributed by atoms with Crippen LogP contribution in [0, 0.1) is 10.8 Å². The van der Waals surface area contributed by atoms with Crippen molar-refractivity contribution in [1.29, 1.82) is 0 Å². The number of rotatable bonds is 5. The molecule has 5 aliphatic rings. The SMILES string of the molecule is COC(=O)C12CC(N3C=C4CCCCC4(c4ccc(CCC(C)(C)C)c(Cl)c4)NC3=O)(C1)C2. The zero-order chi connectivity index (χ0) is 23.6.